The van der Waals surface area contributed by atoms with Crippen LogP contribution in [0.25, 0.3) is 10.8 Å². The van der Waals surface area contributed by atoms with Gasteiger partial charge in [0.05, 0.1) is 17.4 Å². The van der Waals surface area contributed by atoms with Crippen LogP contribution in [0.4, 0.5) is 0 Å². The van der Waals surface area contributed by atoms with Gasteiger partial charge in [-0.3, -0.25) is 4.79 Å². The minimum Gasteiger partial charge on any atom is -0.454 e. The van der Waals surface area contributed by atoms with Crippen LogP contribution in [0.3, 0.4) is 0 Å². The van der Waals surface area contributed by atoms with Gasteiger partial charge < -0.3 is 9.47 Å². The highest BCUT2D eigenvalue weighted by molar-refractivity contribution is 5.98. The Balaban J connectivity index is 1.61. The van der Waals surface area contributed by atoms with Crippen molar-refractivity contribution in [3.63, 3.8) is 0 Å². The second-order valence-electron chi connectivity index (χ2n) is 8.59. The average molecular weight is 422 g/mol. The van der Waals surface area contributed by atoms with Gasteiger partial charge in [-0.2, -0.15) is 0 Å². The summed E-state index contributed by atoms with van der Waals surface area (Å²) in [5.74, 6) is -1.20. The first-order chi connectivity index (χ1) is 15.7. The summed E-state index contributed by atoms with van der Waals surface area (Å²) < 4.78 is 12.2. The van der Waals surface area contributed by atoms with E-state index in [1.807, 2.05) is 36.4 Å². The average Bonchev–Trinajstić information content (AvgIpc) is 2.84. The fraction of sp³-hybridized carbons (Fsp3) is 0.214. The van der Waals surface area contributed by atoms with Gasteiger partial charge in [0.15, 0.2) is 0 Å². The van der Waals surface area contributed by atoms with E-state index in [9.17, 15) is 9.59 Å². The lowest BCUT2D eigenvalue weighted by Gasteiger charge is -2.36. The number of benzene rings is 2. The largest absolute Gasteiger partial charge is 0.454 e. The highest BCUT2D eigenvalue weighted by atomic mass is 16.6. The van der Waals surface area contributed by atoms with E-state index >= 15 is 0 Å². The minimum atomic E-state index is -0.664. The second kappa shape index (κ2) is 7.49. The van der Waals surface area contributed by atoms with Crippen molar-refractivity contribution in [1.29, 1.82) is 0 Å². The third kappa shape index (κ3) is 2.98. The summed E-state index contributed by atoms with van der Waals surface area (Å²) in [6, 6.07) is 12.0. The van der Waals surface area contributed by atoms with Crippen LogP contribution in [-0.4, -0.2) is 18.0 Å². The van der Waals surface area contributed by atoms with Gasteiger partial charge in [0, 0.05) is 5.56 Å². The Morgan fingerprint density at radius 3 is 2.81 bits per heavy atom. The van der Waals surface area contributed by atoms with E-state index in [2.05, 4.69) is 30.4 Å². The van der Waals surface area contributed by atoms with Gasteiger partial charge in [-0.25, -0.2) is 4.79 Å². The van der Waals surface area contributed by atoms with E-state index in [1.54, 1.807) is 12.2 Å². The Morgan fingerprint density at radius 1 is 0.969 bits per heavy atom. The standard InChI is InChI=1S/C28H22O4/c29-27-21-11-5-6-12-22(21)28(30)32-24-16-14-18-8-2-4-10-20(18)26(24)25-19-9-3-1-7-17(19)13-15-23(25)31-27/h1-3,5-9,12-16,21,24,26H,4,10-11H2. The van der Waals surface area contributed by atoms with Gasteiger partial charge in [0.1, 0.15) is 11.9 Å². The van der Waals surface area contributed by atoms with E-state index in [1.165, 1.54) is 5.57 Å². The van der Waals surface area contributed by atoms with Gasteiger partial charge in [-0.15, -0.1) is 0 Å². The van der Waals surface area contributed by atoms with Crippen LogP contribution in [-0.2, 0) is 14.3 Å². The highest BCUT2D eigenvalue weighted by Gasteiger charge is 2.40. The molecule has 32 heavy (non-hydrogen) atoms. The molecule has 0 spiro atoms. The third-order valence-corrected chi connectivity index (χ3v) is 6.79. The monoisotopic (exact) mass is 422 g/mol. The summed E-state index contributed by atoms with van der Waals surface area (Å²) in [6.07, 6.45) is 15.4. The molecule has 1 heterocycles. The van der Waals surface area contributed by atoms with Crippen LogP contribution in [0.1, 0.15) is 30.7 Å². The first-order valence-electron chi connectivity index (χ1n) is 11.1. The Kier molecular flexibility index (Phi) is 4.46. The Hall–Kier alpha value is -3.66. The minimum absolute atomic E-state index is 0.214. The van der Waals surface area contributed by atoms with E-state index in [-0.39, 0.29) is 5.92 Å². The maximum absolute atomic E-state index is 13.2. The van der Waals surface area contributed by atoms with Gasteiger partial charge >= 0.3 is 11.9 Å². The molecule has 4 nitrogen and oxygen atoms in total. The fourth-order valence-electron chi connectivity index (χ4n) is 5.27. The molecule has 3 atom stereocenters. The third-order valence-electron chi connectivity index (χ3n) is 6.79. The lowest BCUT2D eigenvalue weighted by Crippen LogP contribution is -2.35. The fourth-order valence-corrected chi connectivity index (χ4v) is 5.27. The molecule has 0 bridgehead atoms. The SMILES string of the molecule is O=C1OC2C=CC3=C(CCC=C3)C2c2c(ccc3ccccc23)OC(=O)C2CC=CC=C12. The molecule has 0 saturated heterocycles. The number of fused-ring (bicyclic) bond motifs is 7. The van der Waals surface area contributed by atoms with Crippen LogP contribution in [0.5, 0.6) is 5.75 Å². The maximum atomic E-state index is 13.2. The zero-order valence-electron chi connectivity index (χ0n) is 17.5. The summed E-state index contributed by atoms with van der Waals surface area (Å²) in [4.78, 5) is 26.4. The van der Waals surface area contributed by atoms with Crippen molar-refractivity contribution in [3.05, 3.63) is 101 Å². The Bertz CT molecular complexity index is 1300. The van der Waals surface area contributed by atoms with Gasteiger partial charge in [0.2, 0.25) is 0 Å². The Labute approximate surface area is 186 Å². The maximum Gasteiger partial charge on any atom is 0.335 e. The van der Waals surface area contributed by atoms with Gasteiger partial charge in [-0.1, -0.05) is 72.4 Å². The number of esters is 2. The molecule has 2 aromatic rings. The van der Waals surface area contributed by atoms with Crippen LogP contribution >= 0.6 is 0 Å². The predicted molar refractivity (Wildman–Crippen MR) is 122 cm³/mol. The molecule has 6 rings (SSSR count). The molecule has 4 heteroatoms. The Morgan fingerprint density at radius 2 is 1.88 bits per heavy atom. The second-order valence-corrected chi connectivity index (χ2v) is 8.59. The summed E-state index contributed by atoms with van der Waals surface area (Å²) in [7, 11) is 0. The summed E-state index contributed by atoms with van der Waals surface area (Å²) in [5.41, 5.74) is 3.64. The number of ether oxygens (including phenoxy) is 2. The molecule has 0 N–H and O–H groups in total. The van der Waals surface area contributed by atoms with Crippen molar-refractivity contribution in [1.82, 2.24) is 0 Å². The van der Waals surface area contributed by atoms with Crippen molar-refractivity contribution in [2.45, 2.75) is 31.3 Å². The molecule has 4 aliphatic rings. The molecule has 158 valence electrons. The topological polar surface area (TPSA) is 52.6 Å². The van der Waals surface area contributed by atoms with Crippen molar-refractivity contribution in [2.24, 2.45) is 5.92 Å². The summed E-state index contributed by atoms with van der Waals surface area (Å²) in [6.45, 7) is 0. The normalized spacial score (nSPS) is 26.4. The molecular formula is C28H22O4. The molecule has 3 unspecified atom stereocenters. The van der Waals surface area contributed by atoms with E-state index in [0.29, 0.717) is 17.7 Å². The van der Waals surface area contributed by atoms with E-state index in [0.717, 1.165) is 34.8 Å². The molecular weight excluding hydrogens is 400 g/mol. The number of rotatable bonds is 0. The van der Waals surface area contributed by atoms with Crippen LogP contribution in [0, 0.1) is 5.92 Å². The van der Waals surface area contributed by atoms with Crippen LogP contribution < -0.4 is 4.74 Å². The van der Waals surface area contributed by atoms with Crippen molar-refractivity contribution in [3.8, 4) is 5.75 Å². The molecule has 2 aromatic carbocycles. The summed E-state index contributed by atoms with van der Waals surface area (Å²) >= 11 is 0. The van der Waals surface area contributed by atoms with Crippen LogP contribution in [0.2, 0.25) is 0 Å². The van der Waals surface area contributed by atoms with E-state index < -0.39 is 24.0 Å². The van der Waals surface area contributed by atoms with E-state index in [4.69, 9.17) is 9.47 Å². The van der Waals surface area contributed by atoms with Crippen molar-refractivity contribution < 1.29 is 19.1 Å². The highest BCUT2D eigenvalue weighted by Crippen LogP contribution is 2.47. The molecule has 0 radical (unpaired) electrons. The number of carbonyl (C=O) groups is 2. The van der Waals surface area contributed by atoms with Crippen LogP contribution in [0.15, 0.2) is 95.6 Å². The number of carbonyl (C=O) groups excluding carboxylic acids is 2. The zero-order valence-corrected chi connectivity index (χ0v) is 17.5. The molecule has 0 amide bonds. The van der Waals surface area contributed by atoms with Gasteiger partial charge in [0.25, 0.3) is 0 Å². The molecule has 1 aliphatic heterocycles. The molecule has 0 saturated carbocycles. The smallest absolute Gasteiger partial charge is 0.335 e. The molecule has 0 aromatic heterocycles. The van der Waals surface area contributed by atoms with Gasteiger partial charge in [-0.05, 0) is 47.8 Å². The lowest BCUT2D eigenvalue weighted by molar-refractivity contribution is -0.147. The lowest BCUT2D eigenvalue weighted by atomic mass is 9.75. The number of hydrogen-bond acceptors (Lipinski definition) is 4. The predicted octanol–water partition coefficient (Wildman–Crippen LogP) is 5.47. The van der Waals surface area contributed by atoms with Crippen molar-refractivity contribution >= 4 is 22.7 Å². The quantitative estimate of drug-likeness (QED) is 0.417. The first-order valence-corrected chi connectivity index (χ1v) is 11.1. The number of allylic oxidation sites excluding steroid dienone is 7. The summed E-state index contributed by atoms with van der Waals surface area (Å²) in [5, 5.41) is 2.08. The molecule has 0 fully saturated rings. The number of hydrogen-bond donors (Lipinski definition) is 0. The zero-order chi connectivity index (χ0) is 21.7. The van der Waals surface area contributed by atoms with Crippen molar-refractivity contribution in [2.75, 3.05) is 0 Å². The first kappa shape index (κ1) is 19.1. The molecule has 3 aliphatic carbocycles.